The van der Waals surface area contributed by atoms with Crippen LogP contribution in [0.25, 0.3) is 0 Å². The molecule has 3 nitrogen and oxygen atoms in total. The smallest absolute Gasteiger partial charge is 0.119 e. The lowest BCUT2D eigenvalue weighted by Crippen LogP contribution is -2.33. The quantitative estimate of drug-likeness (QED) is 0.806. The summed E-state index contributed by atoms with van der Waals surface area (Å²) in [7, 11) is 0. The normalized spacial score (nSPS) is 24.6. The predicted molar refractivity (Wildman–Crippen MR) is 63.8 cm³/mol. The van der Waals surface area contributed by atoms with E-state index >= 15 is 0 Å². The predicted octanol–water partition coefficient (Wildman–Crippen LogP) is 1.35. The fourth-order valence-corrected chi connectivity index (χ4v) is 2.13. The Morgan fingerprint density at radius 1 is 1.38 bits per heavy atom. The van der Waals surface area contributed by atoms with Gasteiger partial charge in [0.25, 0.3) is 0 Å². The lowest BCUT2D eigenvalue weighted by atomic mass is 9.94. The summed E-state index contributed by atoms with van der Waals surface area (Å²) in [6.45, 7) is 4.27. The molecule has 1 aliphatic rings. The van der Waals surface area contributed by atoms with Crippen molar-refractivity contribution < 1.29 is 9.84 Å². The first-order chi connectivity index (χ1) is 7.72. The van der Waals surface area contributed by atoms with Crippen LogP contribution in [0.2, 0.25) is 0 Å². The number of β-amino-alcohol motifs (C(OH)–C–C–N with tert-alkyl or cyclic N) is 1. The summed E-state index contributed by atoms with van der Waals surface area (Å²) >= 11 is 0. The summed E-state index contributed by atoms with van der Waals surface area (Å²) in [6.07, 6.45) is 1.55. The van der Waals surface area contributed by atoms with Crippen molar-refractivity contribution in [3.8, 4) is 5.75 Å². The van der Waals surface area contributed by atoms with Gasteiger partial charge in [-0.15, -0.1) is 0 Å². The Hall–Kier alpha value is -1.06. The maximum Gasteiger partial charge on any atom is 0.119 e. The van der Waals surface area contributed by atoms with E-state index in [1.165, 1.54) is 0 Å². The zero-order valence-corrected chi connectivity index (χ0v) is 9.70. The molecule has 0 bridgehead atoms. The zero-order valence-electron chi connectivity index (χ0n) is 9.70. The van der Waals surface area contributed by atoms with Gasteiger partial charge in [-0.1, -0.05) is 12.1 Å². The molecule has 0 amide bonds. The van der Waals surface area contributed by atoms with E-state index in [2.05, 4.69) is 5.32 Å². The standard InChI is InChI=1S/C13H19NO2/c1-2-16-12-5-3-11(4-6-12)9-13(15)7-8-14-10-13/h3-6,14-15H,2,7-10H2,1H3. The zero-order chi connectivity index (χ0) is 11.4. The van der Waals surface area contributed by atoms with E-state index in [-0.39, 0.29) is 0 Å². The molecule has 0 radical (unpaired) electrons. The van der Waals surface area contributed by atoms with E-state index in [4.69, 9.17) is 4.74 Å². The number of hydrogen-bond donors (Lipinski definition) is 2. The Labute approximate surface area is 96.4 Å². The van der Waals surface area contributed by atoms with Crippen LogP contribution in [0.1, 0.15) is 18.9 Å². The molecule has 1 heterocycles. The summed E-state index contributed by atoms with van der Waals surface area (Å²) in [5, 5.41) is 13.4. The minimum Gasteiger partial charge on any atom is -0.494 e. The maximum atomic E-state index is 10.2. The van der Waals surface area contributed by atoms with Crippen LogP contribution in [-0.4, -0.2) is 30.4 Å². The molecule has 0 spiro atoms. The molecule has 0 aliphatic carbocycles. The summed E-state index contributed by atoms with van der Waals surface area (Å²) in [6, 6.07) is 7.98. The lowest BCUT2D eigenvalue weighted by Gasteiger charge is -2.21. The number of nitrogens with one attached hydrogen (secondary N) is 1. The minimum atomic E-state index is -0.562. The van der Waals surface area contributed by atoms with Gasteiger partial charge >= 0.3 is 0 Å². The van der Waals surface area contributed by atoms with Crippen molar-refractivity contribution in [2.75, 3.05) is 19.7 Å². The van der Waals surface area contributed by atoms with Crippen LogP contribution in [0.15, 0.2) is 24.3 Å². The summed E-state index contributed by atoms with van der Waals surface area (Å²) in [5.74, 6) is 0.891. The molecular weight excluding hydrogens is 202 g/mol. The Morgan fingerprint density at radius 2 is 2.12 bits per heavy atom. The van der Waals surface area contributed by atoms with E-state index < -0.39 is 5.60 Å². The molecule has 1 saturated heterocycles. The Balaban J connectivity index is 1.99. The molecule has 1 atom stereocenters. The van der Waals surface area contributed by atoms with Crippen molar-refractivity contribution in [3.05, 3.63) is 29.8 Å². The maximum absolute atomic E-state index is 10.2. The Bertz CT molecular complexity index is 328. The van der Waals surface area contributed by atoms with Crippen LogP contribution >= 0.6 is 0 Å². The molecular formula is C13H19NO2. The average molecular weight is 221 g/mol. The second-order valence-corrected chi connectivity index (χ2v) is 4.40. The van der Waals surface area contributed by atoms with Crippen molar-refractivity contribution in [3.63, 3.8) is 0 Å². The van der Waals surface area contributed by atoms with Crippen LogP contribution in [0, 0.1) is 0 Å². The lowest BCUT2D eigenvalue weighted by molar-refractivity contribution is 0.0619. The molecule has 2 rings (SSSR count). The third kappa shape index (κ3) is 2.74. The van der Waals surface area contributed by atoms with E-state index in [0.717, 1.165) is 24.3 Å². The fourth-order valence-electron chi connectivity index (χ4n) is 2.13. The first-order valence-corrected chi connectivity index (χ1v) is 5.87. The average Bonchev–Trinajstić information content (AvgIpc) is 2.68. The molecule has 1 aliphatic heterocycles. The van der Waals surface area contributed by atoms with Gasteiger partial charge in [0.15, 0.2) is 0 Å². The number of aliphatic hydroxyl groups is 1. The number of ether oxygens (including phenoxy) is 1. The van der Waals surface area contributed by atoms with Gasteiger partial charge in [0.1, 0.15) is 5.75 Å². The second-order valence-electron chi connectivity index (χ2n) is 4.40. The molecule has 3 heteroatoms. The minimum absolute atomic E-state index is 0.562. The van der Waals surface area contributed by atoms with Crippen molar-refractivity contribution in [2.45, 2.75) is 25.4 Å². The van der Waals surface area contributed by atoms with Crippen molar-refractivity contribution in [1.29, 1.82) is 0 Å². The highest BCUT2D eigenvalue weighted by molar-refractivity contribution is 5.28. The third-order valence-electron chi connectivity index (χ3n) is 2.99. The van der Waals surface area contributed by atoms with E-state index in [9.17, 15) is 5.11 Å². The summed E-state index contributed by atoms with van der Waals surface area (Å²) in [5.41, 5.74) is 0.599. The topological polar surface area (TPSA) is 41.5 Å². The van der Waals surface area contributed by atoms with E-state index in [1.54, 1.807) is 0 Å². The van der Waals surface area contributed by atoms with Gasteiger partial charge < -0.3 is 15.2 Å². The molecule has 16 heavy (non-hydrogen) atoms. The Morgan fingerprint density at radius 3 is 2.69 bits per heavy atom. The van der Waals surface area contributed by atoms with Gasteiger partial charge in [-0.2, -0.15) is 0 Å². The molecule has 1 fully saturated rings. The molecule has 1 aromatic carbocycles. The van der Waals surface area contributed by atoms with Crippen LogP contribution in [0.3, 0.4) is 0 Å². The molecule has 1 aromatic rings. The summed E-state index contributed by atoms with van der Waals surface area (Å²) in [4.78, 5) is 0. The molecule has 0 aromatic heterocycles. The second kappa shape index (κ2) is 4.85. The molecule has 88 valence electrons. The van der Waals surface area contributed by atoms with E-state index in [1.807, 2.05) is 31.2 Å². The number of rotatable bonds is 4. The molecule has 2 N–H and O–H groups in total. The number of hydrogen-bond acceptors (Lipinski definition) is 3. The highest BCUT2D eigenvalue weighted by Gasteiger charge is 2.30. The van der Waals surface area contributed by atoms with Crippen LogP contribution in [-0.2, 0) is 6.42 Å². The van der Waals surface area contributed by atoms with E-state index in [0.29, 0.717) is 19.6 Å². The monoisotopic (exact) mass is 221 g/mol. The molecule has 0 saturated carbocycles. The van der Waals surface area contributed by atoms with Crippen molar-refractivity contribution in [1.82, 2.24) is 5.32 Å². The van der Waals surface area contributed by atoms with Crippen molar-refractivity contribution >= 4 is 0 Å². The van der Waals surface area contributed by atoms with Gasteiger partial charge in [-0.25, -0.2) is 0 Å². The highest BCUT2D eigenvalue weighted by Crippen LogP contribution is 2.21. The first-order valence-electron chi connectivity index (χ1n) is 5.87. The fraction of sp³-hybridized carbons (Fsp3) is 0.538. The third-order valence-corrected chi connectivity index (χ3v) is 2.99. The van der Waals surface area contributed by atoms with Crippen molar-refractivity contribution in [2.24, 2.45) is 0 Å². The largest absolute Gasteiger partial charge is 0.494 e. The van der Waals surface area contributed by atoms with Gasteiger partial charge in [-0.3, -0.25) is 0 Å². The van der Waals surface area contributed by atoms with Gasteiger partial charge in [0.05, 0.1) is 12.2 Å². The van der Waals surface area contributed by atoms with Gasteiger partial charge in [-0.05, 0) is 37.6 Å². The summed E-state index contributed by atoms with van der Waals surface area (Å²) < 4.78 is 5.38. The van der Waals surface area contributed by atoms with Gasteiger partial charge in [0, 0.05) is 13.0 Å². The van der Waals surface area contributed by atoms with Gasteiger partial charge in [0.2, 0.25) is 0 Å². The SMILES string of the molecule is CCOc1ccc(CC2(O)CCNC2)cc1. The van der Waals surface area contributed by atoms with Crippen LogP contribution in [0.4, 0.5) is 0 Å². The number of benzene rings is 1. The highest BCUT2D eigenvalue weighted by atomic mass is 16.5. The Kier molecular flexibility index (Phi) is 3.46. The van der Waals surface area contributed by atoms with Crippen LogP contribution in [0.5, 0.6) is 5.75 Å². The van der Waals surface area contributed by atoms with Crippen LogP contribution < -0.4 is 10.1 Å². The molecule has 1 unspecified atom stereocenters. The first kappa shape index (κ1) is 11.4.